The molecule has 2 aromatic carbocycles. The fourth-order valence-electron chi connectivity index (χ4n) is 4.32. The van der Waals surface area contributed by atoms with Crippen molar-refractivity contribution in [2.45, 2.75) is 32.2 Å². The van der Waals surface area contributed by atoms with Gasteiger partial charge in [-0.15, -0.1) is 0 Å². The summed E-state index contributed by atoms with van der Waals surface area (Å²) in [5.41, 5.74) is 1.02. The maximum absolute atomic E-state index is 13.3. The lowest BCUT2D eigenvalue weighted by atomic mass is 9.94. The molecule has 1 aliphatic heterocycles. The first kappa shape index (κ1) is 27.1. The molecule has 0 spiro atoms. The van der Waals surface area contributed by atoms with Crippen molar-refractivity contribution in [3.8, 4) is 17.2 Å². The van der Waals surface area contributed by atoms with E-state index in [9.17, 15) is 14.7 Å². The maximum atomic E-state index is 13.3. The van der Waals surface area contributed by atoms with Gasteiger partial charge in [-0.2, -0.15) is 0 Å². The number of para-hydroxylation sites is 1. The van der Waals surface area contributed by atoms with Crippen LogP contribution >= 0.6 is 0 Å². The molecule has 1 saturated heterocycles. The molecule has 36 heavy (non-hydrogen) atoms. The van der Waals surface area contributed by atoms with E-state index in [1.54, 1.807) is 42.5 Å². The van der Waals surface area contributed by atoms with Crippen molar-refractivity contribution >= 4 is 17.4 Å². The number of benzene rings is 2. The minimum absolute atomic E-state index is 0.0241. The lowest BCUT2D eigenvalue weighted by molar-refractivity contribution is -0.140. The molecule has 1 atom stereocenters. The Labute approximate surface area is 213 Å². The first-order valence-electron chi connectivity index (χ1n) is 12.2. The molecule has 1 heterocycles. The van der Waals surface area contributed by atoms with Crippen LogP contribution in [-0.2, 0) is 9.59 Å². The number of aliphatic hydroxyl groups excluding tert-OH is 1. The van der Waals surface area contributed by atoms with Gasteiger partial charge in [-0.25, -0.2) is 0 Å². The normalized spacial score (nSPS) is 17.1. The van der Waals surface area contributed by atoms with Gasteiger partial charge in [-0.3, -0.25) is 9.59 Å². The van der Waals surface area contributed by atoms with Gasteiger partial charge >= 0.3 is 0 Å². The minimum atomic E-state index is -0.822. The van der Waals surface area contributed by atoms with Crippen LogP contribution in [-0.4, -0.2) is 74.6 Å². The lowest BCUT2D eigenvalue weighted by Crippen LogP contribution is -2.32. The van der Waals surface area contributed by atoms with Crippen LogP contribution in [0.5, 0.6) is 17.2 Å². The average Bonchev–Trinajstić information content (AvgIpc) is 3.13. The fourth-order valence-corrected chi connectivity index (χ4v) is 4.32. The number of carbonyl (C=O) groups is 2. The summed E-state index contributed by atoms with van der Waals surface area (Å²) in [6, 6.07) is 11.4. The van der Waals surface area contributed by atoms with Crippen molar-refractivity contribution in [1.82, 2.24) is 9.80 Å². The molecule has 8 nitrogen and oxygen atoms in total. The number of unbranched alkanes of at least 4 members (excludes halogenated alkanes) is 1. The third kappa shape index (κ3) is 5.82. The largest absolute Gasteiger partial charge is 0.507 e. The Kier molecular flexibility index (Phi) is 9.36. The number of methoxy groups -OCH3 is 2. The molecular weight excluding hydrogens is 460 g/mol. The Hall–Kier alpha value is -3.52. The van der Waals surface area contributed by atoms with Crippen molar-refractivity contribution in [1.29, 1.82) is 0 Å². The SMILES string of the molecule is CCCCOc1ccc(C(O)=C2C(=O)C(=O)N(CCCN(C)C)[C@@H]2c2cccc(OC)c2OC)cc1. The Bertz CT molecular complexity index is 1090. The summed E-state index contributed by atoms with van der Waals surface area (Å²) in [5, 5.41) is 11.3. The Balaban J connectivity index is 2.08. The van der Waals surface area contributed by atoms with Gasteiger partial charge in [0.15, 0.2) is 11.5 Å². The zero-order chi connectivity index (χ0) is 26.2. The summed E-state index contributed by atoms with van der Waals surface area (Å²) in [6.45, 7) is 3.78. The van der Waals surface area contributed by atoms with E-state index in [4.69, 9.17) is 14.2 Å². The number of aliphatic hydroxyl groups is 1. The molecule has 2 aromatic rings. The summed E-state index contributed by atoms with van der Waals surface area (Å²) in [4.78, 5) is 30.0. The molecule has 0 radical (unpaired) electrons. The van der Waals surface area contributed by atoms with Crippen molar-refractivity contribution in [2.24, 2.45) is 0 Å². The molecule has 1 amide bonds. The molecule has 3 rings (SSSR count). The number of likely N-dealkylation sites (tertiary alicyclic amines) is 1. The summed E-state index contributed by atoms with van der Waals surface area (Å²) in [5.74, 6) is -0.0497. The topological polar surface area (TPSA) is 88.5 Å². The minimum Gasteiger partial charge on any atom is -0.507 e. The Morgan fingerprint density at radius 2 is 1.75 bits per heavy atom. The zero-order valence-electron chi connectivity index (χ0n) is 21.7. The van der Waals surface area contributed by atoms with Crippen molar-refractivity contribution in [3.63, 3.8) is 0 Å². The lowest BCUT2D eigenvalue weighted by Gasteiger charge is -2.27. The number of hydrogen-bond donors (Lipinski definition) is 1. The van der Waals surface area contributed by atoms with Crippen LogP contribution in [0.4, 0.5) is 0 Å². The van der Waals surface area contributed by atoms with E-state index < -0.39 is 17.7 Å². The average molecular weight is 497 g/mol. The number of ketones is 1. The van der Waals surface area contributed by atoms with Crippen molar-refractivity contribution in [2.75, 3.05) is 48.0 Å². The van der Waals surface area contributed by atoms with E-state index in [-0.39, 0.29) is 11.3 Å². The first-order chi connectivity index (χ1) is 17.3. The fraction of sp³-hybridized carbons (Fsp3) is 0.429. The number of hydrogen-bond acceptors (Lipinski definition) is 7. The number of Topliss-reactive ketones (excluding diaryl/α,β-unsaturated/α-hetero) is 1. The van der Waals surface area contributed by atoms with E-state index in [1.165, 1.54) is 19.1 Å². The van der Waals surface area contributed by atoms with E-state index in [2.05, 4.69) is 6.92 Å². The number of nitrogens with zero attached hydrogens (tertiary/aromatic N) is 2. The summed E-state index contributed by atoms with van der Waals surface area (Å²) in [6.07, 6.45) is 2.63. The van der Waals surface area contributed by atoms with Gasteiger partial charge in [-0.1, -0.05) is 25.5 Å². The predicted molar refractivity (Wildman–Crippen MR) is 139 cm³/mol. The van der Waals surface area contributed by atoms with Gasteiger partial charge in [0.25, 0.3) is 11.7 Å². The molecule has 0 aliphatic carbocycles. The zero-order valence-corrected chi connectivity index (χ0v) is 21.7. The third-order valence-corrected chi connectivity index (χ3v) is 6.17. The Morgan fingerprint density at radius 3 is 2.36 bits per heavy atom. The molecule has 0 saturated carbocycles. The van der Waals surface area contributed by atoms with Gasteiger partial charge in [-0.05, 0) is 63.8 Å². The molecule has 1 fully saturated rings. The highest BCUT2D eigenvalue weighted by Crippen LogP contribution is 2.45. The third-order valence-electron chi connectivity index (χ3n) is 6.17. The molecule has 8 heteroatoms. The molecule has 0 unspecified atom stereocenters. The molecule has 0 aromatic heterocycles. The molecule has 0 bridgehead atoms. The summed E-state index contributed by atoms with van der Waals surface area (Å²) in [7, 11) is 6.94. The van der Waals surface area contributed by atoms with E-state index in [0.29, 0.717) is 47.9 Å². The van der Waals surface area contributed by atoms with Crippen LogP contribution in [0.25, 0.3) is 5.76 Å². The van der Waals surface area contributed by atoms with Crippen LogP contribution in [0.3, 0.4) is 0 Å². The second-order valence-corrected chi connectivity index (χ2v) is 8.96. The van der Waals surface area contributed by atoms with Crippen LogP contribution in [0.15, 0.2) is 48.0 Å². The van der Waals surface area contributed by atoms with Crippen LogP contribution in [0.2, 0.25) is 0 Å². The van der Waals surface area contributed by atoms with Gasteiger partial charge < -0.3 is 29.1 Å². The van der Waals surface area contributed by atoms with E-state index >= 15 is 0 Å². The standard InChI is InChI=1S/C28H36N2O6/c1-6-7-18-36-20-14-12-19(13-15-20)25(31)23-24(21-10-8-11-22(34-4)27(21)35-5)30(28(33)26(23)32)17-9-16-29(2)3/h8,10-15,24,31H,6-7,9,16-18H2,1-5H3/t24-/m1/s1. The van der Waals surface area contributed by atoms with Crippen LogP contribution < -0.4 is 14.2 Å². The van der Waals surface area contributed by atoms with Crippen molar-refractivity contribution < 1.29 is 28.9 Å². The smallest absolute Gasteiger partial charge is 0.295 e. The monoisotopic (exact) mass is 496 g/mol. The molecular formula is C28H36N2O6. The molecule has 194 valence electrons. The van der Waals surface area contributed by atoms with Crippen molar-refractivity contribution in [3.05, 3.63) is 59.2 Å². The maximum Gasteiger partial charge on any atom is 0.295 e. The number of rotatable bonds is 12. The van der Waals surface area contributed by atoms with Gasteiger partial charge in [0.1, 0.15) is 11.5 Å². The molecule has 1 N–H and O–H groups in total. The highest BCUT2D eigenvalue weighted by atomic mass is 16.5. The quantitative estimate of drug-likeness (QED) is 0.203. The summed E-state index contributed by atoms with van der Waals surface area (Å²) >= 11 is 0. The van der Waals surface area contributed by atoms with E-state index in [1.807, 2.05) is 19.0 Å². The highest BCUT2D eigenvalue weighted by molar-refractivity contribution is 6.46. The van der Waals surface area contributed by atoms with E-state index in [0.717, 1.165) is 19.4 Å². The second-order valence-electron chi connectivity index (χ2n) is 8.96. The number of carbonyl (C=O) groups excluding carboxylic acids is 2. The van der Waals surface area contributed by atoms with Gasteiger partial charge in [0.05, 0.1) is 32.4 Å². The van der Waals surface area contributed by atoms with Gasteiger partial charge in [0, 0.05) is 17.7 Å². The number of ether oxygens (including phenoxy) is 3. The Morgan fingerprint density at radius 1 is 1.03 bits per heavy atom. The summed E-state index contributed by atoms with van der Waals surface area (Å²) < 4.78 is 16.8. The van der Waals surface area contributed by atoms with Gasteiger partial charge in [0.2, 0.25) is 0 Å². The molecule has 1 aliphatic rings. The predicted octanol–water partition coefficient (Wildman–Crippen LogP) is 4.26. The first-order valence-corrected chi connectivity index (χ1v) is 12.2. The second kappa shape index (κ2) is 12.4. The highest BCUT2D eigenvalue weighted by Gasteiger charge is 2.47. The van der Waals surface area contributed by atoms with Crippen LogP contribution in [0, 0.1) is 0 Å². The number of amides is 1. The van der Waals surface area contributed by atoms with Crippen LogP contribution in [0.1, 0.15) is 43.4 Å².